The number of H-pyrrole nitrogens is 1. The van der Waals surface area contributed by atoms with Crippen LogP contribution in [0.25, 0.3) is 22.8 Å². The van der Waals surface area contributed by atoms with Gasteiger partial charge in [-0.05, 0) is 37.5 Å². The van der Waals surface area contributed by atoms with E-state index < -0.39 is 0 Å². The molecule has 2 fully saturated rings. The molecule has 0 spiro atoms. The van der Waals surface area contributed by atoms with E-state index in [-0.39, 0.29) is 11.9 Å². The highest BCUT2D eigenvalue weighted by Gasteiger charge is 2.28. The fourth-order valence-electron chi connectivity index (χ4n) is 3.86. The number of hydrogen-bond acceptors (Lipinski definition) is 5. The van der Waals surface area contributed by atoms with Crippen LogP contribution in [0, 0.1) is 5.82 Å². The van der Waals surface area contributed by atoms with Crippen molar-refractivity contribution in [3.05, 3.63) is 42.0 Å². The molecule has 146 valence electrons. The molecule has 8 heteroatoms. The third-order valence-corrected chi connectivity index (χ3v) is 5.45. The number of rotatable bonds is 4. The third-order valence-electron chi connectivity index (χ3n) is 5.45. The highest BCUT2D eigenvalue weighted by molar-refractivity contribution is 5.65. The first kappa shape index (κ1) is 17.5. The minimum Gasteiger partial charge on any atom is -0.381 e. The molecule has 1 atom stereocenters. The van der Waals surface area contributed by atoms with Gasteiger partial charge in [-0.1, -0.05) is 12.1 Å². The van der Waals surface area contributed by atoms with E-state index in [1.807, 2.05) is 10.7 Å². The summed E-state index contributed by atoms with van der Waals surface area (Å²) in [6, 6.07) is 8.61. The van der Waals surface area contributed by atoms with Crippen LogP contribution in [-0.2, 0) is 9.47 Å². The predicted molar refractivity (Wildman–Crippen MR) is 100 cm³/mol. The molecular formula is C20H22FN5O2. The Morgan fingerprint density at radius 3 is 2.68 bits per heavy atom. The van der Waals surface area contributed by atoms with Gasteiger partial charge in [-0.15, -0.1) is 0 Å². The fraction of sp³-hybridized carbons (Fsp3) is 0.450. The quantitative estimate of drug-likeness (QED) is 0.748. The number of nitrogens with zero attached hydrogens (tertiary/aromatic N) is 4. The van der Waals surface area contributed by atoms with Crippen molar-refractivity contribution in [2.45, 2.75) is 31.2 Å². The Kier molecular flexibility index (Phi) is 4.66. The summed E-state index contributed by atoms with van der Waals surface area (Å²) in [5.74, 6) is 1.57. The molecule has 1 N–H and O–H groups in total. The van der Waals surface area contributed by atoms with Crippen LogP contribution in [0.4, 0.5) is 4.39 Å². The molecule has 0 aliphatic carbocycles. The number of aromatic amines is 1. The summed E-state index contributed by atoms with van der Waals surface area (Å²) in [6.07, 6.45) is 2.75. The van der Waals surface area contributed by atoms with Crippen LogP contribution >= 0.6 is 0 Å². The number of halogens is 1. The van der Waals surface area contributed by atoms with Crippen LogP contribution in [0.3, 0.4) is 0 Å². The molecule has 28 heavy (non-hydrogen) atoms. The van der Waals surface area contributed by atoms with Crippen molar-refractivity contribution in [3.8, 4) is 22.8 Å². The predicted octanol–water partition coefficient (Wildman–Crippen LogP) is 3.33. The van der Waals surface area contributed by atoms with E-state index in [1.165, 1.54) is 6.07 Å². The lowest BCUT2D eigenvalue weighted by Crippen LogP contribution is -2.16. The number of nitrogens with one attached hydrogen (secondary N) is 1. The van der Waals surface area contributed by atoms with E-state index in [0.717, 1.165) is 56.4 Å². The molecule has 0 radical (unpaired) electrons. The fourth-order valence-corrected chi connectivity index (χ4v) is 3.86. The Bertz CT molecular complexity index is 957. The maximum atomic E-state index is 14.1. The number of ether oxygens (including phenoxy) is 2. The van der Waals surface area contributed by atoms with E-state index in [9.17, 15) is 4.39 Å². The van der Waals surface area contributed by atoms with E-state index in [2.05, 4.69) is 10.2 Å². The maximum absolute atomic E-state index is 14.1. The second-order valence-electron chi connectivity index (χ2n) is 7.29. The lowest BCUT2D eigenvalue weighted by Gasteiger charge is -2.19. The lowest BCUT2D eigenvalue weighted by molar-refractivity contribution is 0.0835. The Balaban J connectivity index is 1.53. The van der Waals surface area contributed by atoms with Gasteiger partial charge >= 0.3 is 0 Å². The van der Waals surface area contributed by atoms with Crippen LogP contribution < -0.4 is 0 Å². The normalized spacial score (nSPS) is 20.7. The largest absolute Gasteiger partial charge is 0.381 e. The van der Waals surface area contributed by atoms with Gasteiger partial charge in [0.1, 0.15) is 11.5 Å². The minimum absolute atomic E-state index is 0.149. The van der Waals surface area contributed by atoms with Crippen molar-refractivity contribution in [1.82, 2.24) is 25.0 Å². The highest BCUT2D eigenvalue weighted by atomic mass is 19.1. The summed E-state index contributed by atoms with van der Waals surface area (Å²) < 4.78 is 27.1. The first-order valence-electron chi connectivity index (χ1n) is 9.72. The van der Waals surface area contributed by atoms with Crippen LogP contribution in [-0.4, -0.2) is 51.4 Å². The first-order valence-corrected chi connectivity index (χ1v) is 9.72. The van der Waals surface area contributed by atoms with Crippen LogP contribution in [0.15, 0.2) is 30.3 Å². The molecule has 0 saturated carbocycles. The van der Waals surface area contributed by atoms with Gasteiger partial charge in [0.25, 0.3) is 0 Å². The molecule has 5 rings (SSSR count). The second-order valence-corrected chi connectivity index (χ2v) is 7.29. The topological polar surface area (TPSA) is 77.9 Å². The number of aromatic nitrogens is 5. The van der Waals surface area contributed by atoms with E-state index in [4.69, 9.17) is 19.6 Å². The van der Waals surface area contributed by atoms with Gasteiger partial charge in [0, 0.05) is 31.3 Å². The first-order chi connectivity index (χ1) is 13.8. The minimum atomic E-state index is -0.297. The van der Waals surface area contributed by atoms with Gasteiger partial charge in [-0.2, -0.15) is 10.2 Å². The van der Waals surface area contributed by atoms with E-state index in [1.54, 1.807) is 18.2 Å². The summed E-state index contributed by atoms with van der Waals surface area (Å²) in [5.41, 5.74) is 1.75. The van der Waals surface area contributed by atoms with Crippen LogP contribution in [0.2, 0.25) is 0 Å². The van der Waals surface area contributed by atoms with Gasteiger partial charge < -0.3 is 9.47 Å². The van der Waals surface area contributed by atoms with Gasteiger partial charge in [0.2, 0.25) is 0 Å². The van der Waals surface area contributed by atoms with Crippen LogP contribution in [0.1, 0.15) is 37.0 Å². The zero-order valence-electron chi connectivity index (χ0n) is 15.5. The summed E-state index contributed by atoms with van der Waals surface area (Å²) in [6.45, 7) is 2.82. The van der Waals surface area contributed by atoms with E-state index in [0.29, 0.717) is 23.8 Å². The summed E-state index contributed by atoms with van der Waals surface area (Å²) >= 11 is 0. The molecule has 2 aromatic heterocycles. The molecule has 2 saturated heterocycles. The van der Waals surface area contributed by atoms with Crippen molar-refractivity contribution < 1.29 is 13.9 Å². The van der Waals surface area contributed by atoms with Crippen molar-refractivity contribution in [3.63, 3.8) is 0 Å². The van der Waals surface area contributed by atoms with Crippen molar-refractivity contribution in [2.75, 3.05) is 26.4 Å². The molecule has 7 nitrogen and oxygen atoms in total. The Labute approximate surface area is 161 Å². The summed E-state index contributed by atoms with van der Waals surface area (Å²) in [7, 11) is 0. The molecule has 2 aliphatic heterocycles. The molecule has 2 aliphatic rings. The highest BCUT2D eigenvalue weighted by Crippen LogP contribution is 2.31. The SMILES string of the molecule is Fc1ccccc1-c1cc(-c2nc(C3CCOCC3)nn2C2CCOC2)[nH]n1. The Morgan fingerprint density at radius 1 is 1.07 bits per heavy atom. The molecule has 4 heterocycles. The van der Waals surface area contributed by atoms with Gasteiger partial charge in [0.15, 0.2) is 11.6 Å². The third kappa shape index (κ3) is 3.22. The van der Waals surface area contributed by atoms with Crippen molar-refractivity contribution in [1.29, 1.82) is 0 Å². The molecule has 3 aromatic rings. The number of benzene rings is 1. The van der Waals surface area contributed by atoms with Crippen molar-refractivity contribution >= 4 is 0 Å². The zero-order valence-corrected chi connectivity index (χ0v) is 15.5. The number of hydrogen-bond donors (Lipinski definition) is 1. The van der Waals surface area contributed by atoms with Crippen LogP contribution in [0.5, 0.6) is 0 Å². The Morgan fingerprint density at radius 2 is 1.89 bits per heavy atom. The molecule has 1 unspecified atom stereocenters. The summed E-state index contributed by atoms with van der Waals surface area (Å²) in [5, 5.41) is 12.2. The van der Waals surface area contributed by atoms with Crippen molar-refractivity contribution in [2.24, 2.45) is 0 Å². The monoisotopic (exact) mass is 383 g/mol. The molecule has 0 bridgehead atoms. The average Bonchev–Trinajstić information content (AvgIpc) is 3.48. The smallest absolute Gasteiger partial charge is 0.176 e. The van der Waals surface area contributed by atoms with Gasteiger partial charge in [-0.3, -0.25) is 5.10 Å². The maximum Gasteiger partial charge on any atom is 0.176 e. The molecule has 1 aromatic carbocycles. The standard InChI is InChI=1S/C20H22FN5O2/c21-16-4-2-1-3-15(16)17-11-18(24-23-17)20-22-19(13-5-8-27-9-6-13)25-26(20)14-7-10-28-12-14/h1-4,11,13-14H,5-10,12H2,(H,23,24). The Hall–Kier alpha value is -2.58. The van der Waals surface area contributed by atoms with E-state index >= 15 is 0 Å². The van der Waals surface area contributed by atoms with Gasteiger partial charge in [0.05, 0.1) is 18.3 Å². The van der Waals surface area contributed by atoms with Gasteiger partial charge in [-0.25, -0.2) is 14.1 Å². The average molecular weight is 383 g/mol. The second kappa shape index (κ2) is 7.44. The lowest BCUT2D eigenvalue weighted by atomic mass is 10.00. The molecule has 0 amide bonds. The zero-order chi connectivity index (χ0) is 18.9. The molecular weight excluding hydrogens is 361 g/mol. The summed E-state index contributed by atoms with van der Waals surface area (Å²) in [4.78, 5) is 4.85.